The number of aromatic nitrogens is 1. The molecule has 0 bridgehead atoms. The molecule has 2 heterocycles. The molecule has 0 spiro atoms. The number of para-hydroxylation sites is 1. The van der Waals surface area contributed by atoms with E-state index in [1.807, 2.05) is 0 Å². The van der Waals surface area contributed by atoms with Gasteiger partial charge in [-0.15, -0.1) is 0 Å². The number of fused-ring (bicyclic) bond motifs is 2. The van der Waals surface area contributed by atoms with Gasteiger partial charge in [0.15, 0.2) is 11.4 Å². The second-order valence-electron chi connectivity index (χ2n) is 9.78. The molecule has 0 saturated carbocycles. The summed E-state index contributed by atoms with van der Waals surface area (Å²) >= 11 is 0. The van der Waals surface area contributed by atoms with E-state index in [2.05, 4.69) is 118 Å². The van der Waals surface area contributed by atoms with Gasteiger partial charge in [0.25, 0.3) is 0 Å². The van der Waals surface area contributed by atoms with Gasteiger partial charge in [0.1, 0.15) is 6.54 Å². The monoisotopic (exact) mass is 498 g/mol. The Balaban J connectivity index is 0.000000658. The molecule has 0 saturated heterocycles. The number of hydrogen-bond acceptors (Lipinski definition) is 1. The molecule has 192 valence electrons. The Hall–Kier alpha value is -3.09. The van der Waals surface area contributed by atoms with Crippen molar-refractivity contribution >= 4 is 19.0 Å². The topological polar surface area (TPSA) is 7.12 Å². The van der Waals surface area contributed by atoms with Crippen LogP contribution in [0.1, 0.15) is 56.1 Å². The van der Waals surface area contributed by atoms with Crippen LogP contribution in [0, 0.1) is 13.8 Å². The SMILES string of the molecule is CCCC[n+]1c(C)c2ccc(/C=C/C=C3/N(C)c4ccccc4C3(C)C)ccc-2c1C.F[B-](F)(F)F. The van der Waals surface area contributed by atoms with Crippen LogP contribution in [0.15, 0.2) is 66.4 Å². The molecular formula is C29H35BF4N2. The zero-order valence-corrected chi connectivity index (χ0v) is 22.0. The van der Waals surface area contributed by atoms with E-state index < -0.39 is 7.25 Å². The fourth-order valence-corrected chi connectivity index (χ4v) is 5.08. The Bertz CT molecular complexity index is 1200. The summed E-state index contributed by atoms with van der Waals surface area (Å²) < 4.78 is 41.5. The molecule has 7 heteroatoms. The Kier molecular flexibility index (Phi) is 8.32. The van der Waals surface area contributed by atoms with Gasteiger partial charge in [0.05, 0.1) is 11.1 Å². The lowest BCUT2D eigenvalue weighted by Gasteiger charge is -2.23. The van der Waals surface area contributed by atoms with Crippen molar-refractivity contribution in [2.75, 3.05) is 11.9 Å². The van der Waals surface area contributed by atoms with Crippen LogP contribution in [0.3, 0.4) is 0 Å². The van der Waals surface area contributed by atoms with E-state index in [9.17, 15) is 17.3 Å². The molecule has 0 N–H and O–H groups in total. The molecule has 0 unspecified atom stereocenters. The standard InChI is InChI=1S/C29H35N2.BF4/c1-7-8-20-31-21(2)24-18-16-23(17-19-25(24)22(31)3)12-11-15-28-29(4,5)26-13-9-10-14-27(26)30(28)6;2-1(3,4)5/h9-19H,7-8,20H2,1-6H3;/q+1;-1. The van der Waals surface area contributed by atoms with Gasteiger partial charge in [-0.2, -0.15) is 4.57 Å². The third kappa shape index (κ3) is 6.00. The van der Waals surface area contributed by atoms with Gasteiger partial charge in [-0.1, -0.05) is 69.7 Å². The largest absolute Gasteiger partial charge is 0.673 e. The number of halogens is 4. The van der Waals surface area contributed by atoms with Crippen LogP contribution in [0.2, 0.25) is 0 Å². The highest BCUT2D eigenvalue weighted by Gasteiger charge is 2.37. The first-order valence-corrected chi connectivity index (χ1v) is 12.4. The Morgan fingerprint density at radius 1 is 0.917 bits per heavy atom. The summed E-state index contributed by atoms with van der Waals surface area (Å²) in [5.74, 6) is 0. The molecule has 3 aliphatic rings. The van der Waals surface area contributed by atoms with Crippen molar-refractivity contribution in [2.24, 2.45) is 0 Å². The lowest BCUT2D eigenvalue weighted by Crippen LogP contribution is -2.37. The first-order chi connectivity index (χ1) is 16.9. The number of nitrogens with zero attached hydrogens (tertiary/aromatic N) is 2. The van der Waals surface area contributed by atoms with Gasteiger partial charge >= 0.3 is 7.25 Å². The number of hydrogen-bond donors (Lipinski definition) is 0. The average Bonchev–Trinajstić information content (AvgIpc) is 3.02. The summed E-state index contributed by atoms with van der Waals surface area (Å²) in [5.41, 5.74) is 10.7. The number of anilines is 1. The minimum absolute atomic E-state index is 0.0122. The second kappa shape index (κ2) is 10.9. The van der Waals surface area contributed by atoms with E-state index >= 15 is 0 Å². The first-order valence-electron chi connectivity index (χ1n) is 12.4. The van der Waals surface area contributed by atoms with Gasteiger partial charge in [-0.25, -0.2) is 0 Å². The van der Waals surface area contributed by atoms with E-state index in [1.165, 1.54) is 57.9 Å². The minimum Gasteiger partial charge on any atom is -0.418 e. The van der Waals surface area contributed by atoms with E-state index in [-0.39, 0.29) is 5.41 Å². The van der Waals surface area contributed by atoms with Crippen LogP contribution in [0.25, 0.3) is 17.2 Å². The Labute approximate surface area is 212 Å². The van der Waals surface area contributed by atoms with E-state index in [0.29, 0.717) is 0 Å². The van der Waals surface area contributed by atoms with Gasteiger partial charge in [0, 0.05) is 44.1 Å². The molecule has 1 aromatic rings. The predicted molar refractivity (Wildman–Crippen MR) is 143 cm³/mol. The molecule has 4 rings (SSSR count). The molecule has 0 amide bonds. The summed E-state index contributed by atoms with van der Waals surface area (Å²) in [7, 11) is -3.83. The maximum absolute atomic E-state index is 9.75. The lowest BCUT2D eigenvalue weighted by atomic mass is 9.84. The van der Waals surface area contributed by atoms with Crippen LogP contribution >= 0.6 is 0 Å². The fourth-order valence-electron chi connectivity index (χ4n) is 5.08. The van der Waals surface area contributed by atoms with E-state index in [0.717, 1.165) is 6.54 Å². The Morgan fingerprint density at radius 3 is 2.00 bits per heavy atom. The summed E-state index contributed by atoms with van der Waals surface area (Å²) in [6, 6.07) is 17.8. The summed E-state index contributed by atoms with van der Waals surface area (Å²) in [6.07, 6.45) is 9.13. The number of likely N-dealkylation sites (N-methyl/N-ethyl adjacent to an activating group) is 1. The number of benzene rings is 1. The highest BCUT2D eigenvalue weighted by Crippen LogP contribution is 2.46. The number of rotatable bonds is 5. The second-order valence-corrected chi connectivity index (χ2v) is 9.78. The molecule has 0 radical (unpaired) electrons. The quantitative estimate of drug-likeness (QED) is 0.196. The van der Waals surface area contributed by atoms with Gasteiger partial charge in [0.2, 0.25) is 0 Å². The molecule has 0 atom stereocenters. The van der Waals surface area contributed by atoms with Crippen molar-refractivity contribution in [3.8, 4) is 11.1 Å². The molecule has 2 aliphatic heterocycles. The van der Waals surface area contributed by atoms with Crippen molar-refractivity contribution in [1.82, 2.24) is 0 Å². The summed E-state index contributed by atoms with van der Waals surface area (Å²) in [5, 5.41) is 0. The van der Waals surface area contributed by atoms with Crippen molar-refractivity contribution in [1.29, 1.82) is 0 Å². The molecular weight excluding hydrogens is 463 g/mol. The Morgan fingerprint density at radius 2 is 1.47 bits per heavy atom. The lowest BCUT2D eigenvalue weighted by molar-refractivity contribution is -0.704. The van der Waals surface area contributed by atoms with Crippen LogP contribution in [-0.4, -0.2) is 14.3 Å². The zero-order valence-electron chi connectivity index (χ0n) is 22.0. The van der Waals surface area contributed by atoms with Gasteiger partial charge < -0.3 is 22.2 Å². The highest BCUT2D eigenvalue weighted by atomic mass is 19.5. The van der Waals surface area contributed by atoms with Crippen molar-refractivity contribution < 1.29 is 21.8 Å². The van der Waals surface area contributed by atoms with Crippen LogP contribution in [0.4, 0.5) is 23.0 Å². The molecule has 1 aliphatic carbocycles. The first kappa shape index (κ1) is 27.5. The third-order valence-corrected chi connectivity index (χ3v) is 6.98. The molecule has 1 aromatic carbocycles. The van der Waals surface area contributed by atoms with Crippen LogP contribution in [-0.2, 0) is 12.0 Å². The predicted octanol–water partition coefficient (Wildman–Crippen LogP) is 8.12. The van der Waals surface area contributed by atoms with Crippen molar-refractivity contribution in [3.05, 3.63) is 88.9 Å². The normalized spacial score (nSPS) is 15.9. The summed E-state index contributed by atoms with van der Waals surface area (Å²) in [6.45, 7) is 12.5. The van der Waals surface area contributed by atoms with Crippen molar-refractivity contribution in [2.45, 2.75) is 59.4 Å². The van der Waals surface area contributed by atoms with Crippen LogP contribution in [0.5, 0.6) is 0 Å². The van der Waals surface area contributed by atoms with Gasteiger partial charge in [-0.05, 0) is 35.4 Å². The van der Waals surface area contributed by atoms with Crippen LogP contribution < -0.4 is 9.47 Å². The smallest absolute Gasteiger partial charge is 0.418 e. The van der Waals surface area contributed by atoms with Gasteiger partial charge in [-0.3, -0.25) is 0 Å². The highest BCUT2D eigenvalue weighted by molar-refractivity contribution is 6.50. The maximum atomic E-state index is 9.75. The molecule has 0 fully saturated rings. The molecule has 36 heavy (non-hydrogen) atoms. The van der Waals surface area contributed by atoms with E-state index in [1.54, 1.807) is 0 Å². The molecule has 0 aromatic heterocycles. The minimum atomic E-state index is -6.00. The van der Waals surface area contributed by atoms with Crippen molar-refractivity contribution in [3.63, 3.8) is 0 Å². The zero-order chi connectivity index (χ0) is 26.7. The number of allylic oxidation sites excluding steroid dienone is 3. The molecule has 2 nitrogen and oxygen atoms in total. The summed E-state index contributed by atoms with van der Waals surface area (Å²) in [4.78, 5) is 2.32. The average molecular weight is 498 g/mol. The van der Waals surface area contributed by atoms with E-state index in [4.69, 9.17) is 0 Å². The third-order valence-electron chi connectivity index (χ3n) is 6.98. The fraction of sp³-hybridized carbons (Fsp3) is 0.345. The maximum Gasteiger partial charge on any atom is 0.673 e. The number of unbranched alkanes of at least 4 members (excludes halogenated alkanes) is 1.